The van der Waals surface area contributed by atoms with Crippen molar-refractivity contribution in [1.82, 2.24) is 14.5 Å². The number of carbonyl (C=O) groups excluding carboxylic acids is 2. The largest absolute Gasteiger partial charge is 0.378 e. The molecular weight excluding hydrogens is 482 g/mol. The molecule has 0 radical (unpaired) electrons. The smallest absolute Gasteiger partial charge is 0.250 e. The van der Waals surface area contributed by atoms with Crippen molar-refractivity contribution in [1.29, 1.82) is 0 Å². The van der Waals surface area contributed by atoms with Crippen molar-refractivity contribution < 1.29 is 22.7 Å². The van der Waals surface area contributed by atoms with Crippen molar-refractivity contribution in [2.75, 3.05) is 32.8 Å². The average molecular weight is 504 g/mol. The third kappa shape index (κ3) is 4.81. The zero-order valence-electron chi connectivity index (χ0n) is 16.7. The van der Waals surface area contributed by atoms with E-state index in [2.05, 4.69) is 4.72 Å². The summed E-state index contributed by atoms with van der Waals surface area (Å²) >= 11 is 8.46. The third-order valence-corrected chi connectivity index (χ3v) is 9.82. The number of hydrogen-bond acceptors (Lipinski definition) is 7. The predicted octanol–water partition coefficient (Wildman–Crippen LogP) is 2.26. The fraction of sp³-hybridized carbons (Fsp3) is 0.474. The molecular formula is C19H22ClN3O5S3. The number of carbonyl (C=O) groups is 2. The van der Waals surface area contributed by atoms with E-state index in [0.717, 1.165) is 21.1 Å². The Morgan fingerprint density at radius 2 is 1.84 bits per heavy atom. The van der Waals surface area contributed by atoms with Gasteiger partial charge in [-0.1, -0.05) is 11.6 Å². The number of hydrogen-bond donors (Lipinski definition) is 1. The van der Waals surface area contributed by atoms with E-state index in [1.54, 1.807) is 24.0 Å². The number of ether oxygens (including phenoxy) is 1. The molecule has 12 heteroatoms. The van der Waals surface area contributed by atoms with Gasteiger partial charge in [-0.05, 0) is 37.6 Å². The van der Waals surface area contributed by atoms with E-state index in [9.17, 15) is 18.0 Å². The quantitative estimate of drug-likeness (QED) is 0.652. The van der Waals surface area contributed by atoms with Crippen molar-refractivity contribution in [2.24, 2.45) is 0 Å². The molecule has 1 N–H and O–H groups in total. The topological polar surface area (TPSA) is 96.0 Å². The number of nitrogens with zero attached hydrogens (tertiary/aromatic N) is 2. The number of morpholine rings is 1. The van der Waals surface area contributed by atoms with Crippen LogP contribution in [0.25, 0.3) is 9.75 Å². The first-order valence-electron chi connectivity index (χ1n) is 9.81. The van der Waals surface area contributed by atoms with Gasteiger partial charge in [0.1, 0.15) is 16.3 Å². The SMILES string of the molecule is CC(C(=O)N1CCOCC1)N1CCC(NS(=O)(=O)c2ccc(-c3ccc(Cl)s3)s2)C1=O. The summed E-state index contributed by atoms with van der Waals surface area (Å²) < 4.78 is 34.3. The highest BCUT2D eigenvalue weighted by molar-refractivity contribution is 7.91. The molecule has 0 saturated carbocycles. The lowest BCUT2D eigenvalue weighted by atomic mass is 10.2. The van der Waals surface area contributed by atoms with Crippen LogP contribution in [0, 0.1) is 0 Å². The van der Waals surface area contributed by atoms with E-state index in [1.807, 2.05) is 6.07 Å². The van der Waals surface area contributed by atoms with Gasteiger partial charge in [0, 0.05) is 29.4 Å². The molecule has 4 rings (SSSR count). The van der Waals surface area contributed by atoms with Crippen LogP contribution in [-0.4, -0.2) is 75.0 Å². The Labute approximate surface area is 193 Å². The van der Waals surface area contributed by atoms with Crippen LogP contribution >= 0.6 is 34.3 Å². The Morgan fingerprint density at radius 1 is 1.16 bits per heavy atom. The van der Waals surface area contributed by atoms with Crippen molar-refractivity contribution in [3.05, 3.63) is 28.6 Å². The zero-order chi connectivity index (χ0) is 22.2. The molecule has 2 aromatic rings. The van der Waals surface area contributed by atoms with Crippen LogP contribution in [0.5, 0.6) is 0 Å². The van der Waals surface area contributed by atoms with Crippen molar-refractivity contribution >= 4 is 56.1 Å². The highest BCUT2D eigenvalue weighted by Gasteiger charge is 2.40. The van der Waals surface area contributed by atoms with E-state index >= 15 is 0 Å². The number of halogens is 1. The lowest BCUT2D eigenvalue weighted by molar-refractivity contribution is -0.146. The minimum Gasteiger partial charge on any atom is -0.378 e. The van der Waals surface area contributed by atoms with Crippen molar-refractivity contribution in [3.63, 3.8) is 0 Å². The molecule has 0 bridgehead atoms. The summed E-state index contributed by atoms with van der Waals surface area (Å²) in [6.45, 7) is 3.97. The molecule has 2 atom stereocenters. The first-order valence-corrected chi connectivity index (χ1v) is 13.3. The highest BCUT2D eigenvalue weighted by atomic mass is 35.5. The van der Waals surface area contributed by atoms with Crippen molar-refractivity contribution in [3.8, 4) is 9.75 Å². The molecule has 0 aromatic carbocycles. The molecule has 0 spiro atoms. The molecule has 2 aromatic heterocycles. The number of sulfonamides is 1. The van der Waals surface area contributed by atoms with Gasteiger partial charge in [0.15, 0.2) is 0 Å². The normalized spacial score (nSPS) is 21.0. The second kappa shape index (κ2) is 9.16. The van der Waals surface area contributed by atoms with Gasteiger partial charge in [0.05, 0.1) is 17.6 Å². The predicted molar refractivity (Wildman–Crippen MR) is 120 cm³/mol. The Bertz CT molecular complexity index is 1080. The maximum Gasteiger partial charge on any atom is 0.250 e. The van der Waals surface area contributed by atoms with Gasteiger partial charge in [0.2, 0.25) is 11.8 Å². The summed E-state index contributed by atoms with van der Waals surface area (Å²) in [4.78, 5) is 30.4. The Balaban J connectivity index is 1.42. The maximum absolute atomic E-state index is 12.9. The minimum atomic E-state index is -3.87. The van der Waals surface area contributed by atoms with Crippen molar-refractivity contribution in [2.45, 2.75) is 29.6 Å². The lowest BCUT2D eigenvalue weighted by Gasteiger charge is -2.32. The third-order valence-electron chi connectivity index (χ3n) is 5.35. The first kappa shape index (κ1) is 22.7. The standard InChI is InChI=1S/C19H22ClN3O5S3/c1-12(18(24)22-8-10-28-11-9-22)23-7-6-13(19(23)25)21-31(26,27)17-5-3-15(30-17)14-2-4-16(20)29-14/h2-5,12-13,21H,6-11H2,1H3. The fourth-order valence-corrected chi connectivity index (χ4v) is 7.35. The second-order valence-corrected chi connectivity index (χ2v) is 12.1. The van der Waals surface area contributed by atoms with E-state index in [-0.39, 0.29) is 16.0 Å². The van der Waals surface area contributed by atoms with E-state index < -0.39 is 22.1 Å². The molecule has 2 aliphatic heterocycles. The maximum atomic E-state index is 12.9. The van der Waals surface area contributed by atoms with Crippen LogP contribution < -0.4 is 4.72 Å². The zero-order valence-corrected chi connectivity index (χ0v) is 20.0. The molecule has 8 nitrogen and oxygen atoms in total. The second-order valence-electron chi connectivity index (χ2n) is 7.33. The molecule has 168 valence electrons. The van der Waals surface area contributed by atoms with Crippen LogP contribution in [0.3, 0.4) is 0 Å². The van der Waals surface area contributed by atoms with Crippen LogP contribution in [0.4, 0.5) is 0 Å². The van der Waals surface area contributed by atoms with Gasteiger partial charge >= 0.3 is 0 Å². The average Bonchev–Trinajstić information content (AvgIpc) is 3.49. The molecule has 2 fully saturated rings. The molecule has 2 saturated heterocycles. The van der Waals surface area contributed by atoms with Gasteiger partial charge in [-0.25, -0.2) is 8.42 Å². The van der Waals surface area contributed by atoms with Crippen LogP contribution in [0.15, 0.2) is 28.5 Å². The van der Waals surface area contributed by atoms with Gasteiger partial charge in [0.25, 0.3) is 10.0 Å². The van der Waals surface area contributed by atoms with Gasteiger partial charge in [-0.3, -0.25) is 9.59 Å². The minimum absolute atomic E-state index is 0.135. The van der Waals surface area contributed by atoms with Gasteiger partial charge < -0.3 is 14.5 Å². The number of likely N-dealkylation sites (tertiary alicyclic amines) is 1. The van der Waals surface area contributed by atoms with E-state index in [1.165, 1.54) is 22.3 Å². The Kier molecular flexibility index (Phi) is 6.71. The monoisotopic (exact) mass is 503 g/mol. The number of amides is 2. The fourth-order valence-electron chi connectivity index (χ4n) is 3.67. The summed E-state index contributed by atoms with van der Waals surface area (Å²) in [5.74, 6) is -0.517. The number of nitrogens with one attached hydrogen (secondary N) is 1. The van der Waals surface area contributed by atoms with Gasteiger partial charge in [-0.15, -0.1) is 22.7 Å². The summed E-state index contributed by atoms with van der Waals surface area (Å²) in [7, 11) is -3.87. The number of thiophene rings is 2. The molecule has 2 amide bonds. The summed E-state index contributed by atoms with van der Waals surface area (Å²) in [5.41, 5.74) is 0. The molecule has 2 aliphatic rings. The van der Waals surface area contributed by atoms with Crippen LogP contribution in [-0.2, 0) is 24.3 Å². The van der Waals surface area contributed by atoms with Crippen LogP contribution in [0.2, 0.25) is 4.34 Å². The highest BCUT2D eigenvalue weighted by Crippen LogP contribution is 2.37. The summed E-state index contributed by atoms with van der Waals surface area (Å²) in [6, 6.07) is 5.33. The van der Waals surface area contributed by atoms with Gasteiger partial charge in [-0.2, -0.15) is 4.72 Å². The lowest BCUT2D eigenvalue weighted by Crippen LogP contribution is -2.52. The molecule has 4 heterocycles. The van der Waals surface area contributed by atoms with E-state index in [4.69, 9.17) is 16.3 Å². The van der Waals surface area contributed by atoms with E-state index in [0.29, 0.717) is 43.6 Å². The number of rotatable bonds is 6. The Hall–Kier alpha value is -1.50. The Morgan fingerprint density at radius 3 is 2.52 bits per heavy atom. The molecule has 2 unspecified atom stereocenters. The summed E-state index contributed by atoms with van der Waals surface area (Å²) in [6.07, 6.45) is 0.317. The molecule has 31 heavy (non-hydrogen) atoms. The summed E-state index contributed by atoms with van der Waals surface area (Å²) in [5, 5.41) is 0. The molecule has 0 aliphatic carbocycles. The van der Waals surface area contributed by atoms with Crippen LogP contribution in [0.1, 0.15) is 13.3 Å². The first-order chi connectivity index (χ1) is 14.8.